The van der Waals surface area contributed by atoms with Gasteiger partial charge in [-0.3, -0.25) is 4.99 Å². The summed E-state index contributed by atoms with van der Waals surface area (Å²) in [4.78, 5) is 4.64. The van der Waals surface area contributed by atoms with E-state index >= 15 is 0 Å². The molecular weight excluding hydrogens is 493 g/mol. The SMILES string of the molecule is CCNC(=NCC(SC)c1cccc(Cl)c1)NC1CCS(=O)(=O)C1.I. The van der Waals surface area contributed by atoms with Crippen LogP contribution in [0.15, 0.2) is 29.3 Å². The number of rotatable bonds is 6. The van der Waals surface area contributed by atoms with Crippen molar-refractivity contribution < 1.29 is 8.42 Å². The van der Waals surface area contributed by atoms with Crippen molar-refractivity contribution in [2.45, 2.75) is 24.6 Å². The van der Waals surface area contributed by atoms with Crippen LogP contribution >= 0.6 is 47.3 Å². The molecule has 0 aromatic heterocycles. The molecule has 5 nitrogen and oxygen atoms in total. The van der Waals surface area contributed by atoms with E-state index in [0.29, 0.717) is 18.9 Å². The molecule has 0 radical (unpaired) electrons. The largest absolute Gasteiger partial charge is 0.357 e. The Bertz CT molecular complexity index is 686. The van der Waals surface area contributed by atoms with Crippen molar-refractivity contribution >= 4 is 63.1 Å². The van der Waals surface area contributed by atoms with Gasteiger partial charge in [0.2, 0.25) is 0 Å². The number of benzene rings is 1. The normalized spacial score (nSPS) is 20.6. The predicted molar refractivity (Wildman–Crippen MR) is 119 cm³/mol. The molecule has 1 heterocycles. The first-order chi connectivity index (χ1) is 11.4. The minimum Gasteiger partial charge on any atom is -0.357 e. The van der Waals surface area contributed by atoms with E-state index in [1.54, 1.807) is 11.8 Å². The second-order valence-corrected chi connectivity index (χ2v) is 9.45. The van der Waals surface area contributed by atoms with Gasteiger partial charge in [-0.15, -0.1) is 24.0 Å². The predicted octanol–water partition coefficient (Wildman–Crippen LogP) is 3.10. The quantitative estimate of drug-likeness (QED) is 0.345. The lowest BCUT2D eigenvalue weighted by Crippen LogP contribution is -2.44. The Morgan fingerprint density at radius 2 is 2.24 bits per heavy atom. The van der Waals surface area contributed by atoms with Gasteiger partial charge in [0.25, 0.3) is 0 Å². The standard InChI is InChI=1S/C16H24ClN3O2S2.HI/c1-3-18-16(20-14-7-8-24(21,22)11-14)19-10-15(23-2)12-5-4-6-13(17)9-12;/h4-6,9,14-15H,3,7-8,10-11H2,1-2H3,(H2,18,19,20);1H. The molecule has 0 bridgehead atoms. The van der Waals surface area contributed by atoms with Gasteiger partial charge in [0.05, 0.1) is 18.1 Å². The minimum absolute atomic E-state index is 0. The van der Waals surface area contributed by atoms with Gasteiger partial charge < -0.3 is 10.6 Å². The summed E-state index contributed by atoms with van der Waals surface area (Å²) >= 11 is 7.79. The molecule has 0 spiro atoms. The highest BCUT2D eigenvalue weighted by Crippen LogP contribution is 2.28. The highest BCUT2D eigenvalue weighted by Gasteiger charge is 2.28. The van der Waals surface area contributed by atoms with E-state index in [4.69, 9.17) is 11.6 Å². The number of nitrogens with zero attached hydrogens (tertiary/aromatic N) is 1. The molecule has 2 unspecified atom stereocenters. The van der Waals surface area contributed by atoms with Crippen LogP contribution in [0.1, 0.15) is 24.2 Å². The topological polar surface area (TPSA) is 70.6 Å². The van der Waals surface area contributed by atoms with E-state index in [0.717, 1.165) is 17.1 Å². The Morgan fingerprint density at radius 3 is 2.80 bits per heavy atom. The van der Waals surface area contributed by atoms with Crippen LogP contribution in [0.25, 0.3) is 0 Å². The maximum Gasteiger partial charge on any atom is 0.191 e. The van der Waals surface area contributed by atoms with Crippen molar-refractivity contribution in [3.05, 3.63) is 34.9 Å². The first kappa shape index (κ1) is 22.9. The molecule has 1 aromatic rings. The van der Waals surface area contributed by atoms with Crippen molar-refractivity contribution in [3.63, 3.8) is 0 Å². The van der Waals surface area contributed by atoms with Gasteiger partial charge in [-0.1, -0.05) is 23.7 Å². The number of halogens is 2. The number of nitrogens with one attached hydrogen (secondary N) is 2. The molecule has 2 atom stereocenters. The van der Waals surface area contributed by atoms with Crippen molar-refractivity contribution in [2.24, 2.45) is 4.99 Å². The Hall–Kier alpha value is -0.190. The fourth-order valence-electron chi connectivity index (χ4n) is 2.62. The van der Waals surface area contributed by atoms with Gasteiger partial charge in [0.15, 0.2) is 15.8 Å². The van der Waals surface area contributed by atoms with Gasteiger partial charge in [-0.05, 0) is 37.3 Å². The van der Waals surface area contributed by atoms with Crippen LogP contribution in [0, 0.1) is 0 Å². The smallest absolute Gasteiger partial charge is 0.191 e. The van der Waals surface area contributed by atoms with Crippen molar-refractivity contribution in [1.29, 1.82) is 0 Å². The van der Waals surface area contributed by atoms with Crippen LogP contribution in [0.2, 0.25) is 5.02 Å². The average molecular weight is 518 g/mol. The number of hydrogen-bond donors (Lipinski definition) is 2. The Morgan fingerprint density at radius 1 is 1.48 bits per heavy atom. The van der Waals surface area contributed by atoms with Gasteiger partial charge in [0, 0.05) is 22.9 Å². The first-order valence-corrected chi connectivity index (χ1v) is 11.5. The first-order valence-electron chi connectivity index (χ1n) is 7.97. The molecule has 142 valence electrons. The molecule has 1 aromatic carbocycles. The van der Waals surface area contributed by atoms with Gasteiger partial charge >= 0.3 is 0 Å². The summed E-state index contributed by atoms with van der Waals surface area (Å²) in [6.45, 7) is 3.31. The minimum atomic E-state index is -2.90. The summed E-state index contributed by atoms with van der Waals surface area (Å²) in [5.74, 6) is 1.10. The monoisotopic (exact) mass is 517 g/mol. The van der Waals surface area contributed by atoms with Crippen molar-refractivity contribution in [2.75, 3.05) is 30.9 Å². The molecule has 0 aliphatic carbocycles. The third kappa shape index (κ3) is 7.52. The van der Waals surface area contributed by atoms with Gasteiger partial charge in [-0.2, -0.15) is 11.8 Å². The maximum absolute atomic E-state index is 11.6. The second kappa shape index (κ2) is 10.8. The molecule has 1 aliphatic rings. The molecule has 1 saturated heterocycles. The van der Waals surface area contributed by atoms with Crippen molar-refractivity contribution in [1.82, 2.24) is 10.6 Å². The lowest BCUT2D eigenvalue weighted by atomic mass is 10.1. The van der Waals surface area contributed by atoms with Crippen LogP contribution in [0.5, 0.6) is 0 Å². The van der Waals surface area contributed by atoms with Crippen LogP contribution in [-0.4, -0.2) is 51.3 Å². The fraction of sp³-hybridized carbons (Fsp3) is 0.562. The maximum atomic E-state index is 11.6. The van der Waals surface area contributed by atoms with Crippen LogP contribution in [-0.2, 0) is 9.84 Å². The average Bonchev–Trinajstić information content (AvgIpc) is 2.87. The molecule has 0 amide bonds. The summed E-state index contributed by atoms with van der Waals surface area (Å²) in [5, 5.41) is 7.35. The van der Waals surface area contributed by atoms with Gasteiger partial charge in [-0.25, -0.2) is 8.42 Å². The zero-order chi connectivity index (χ0) is 17.6. The molecule has 2 N–H and O–H groups in total. The second-order valence-electron chi connectivity index (χ2n) is 5.74. The van der Waals surface area contributed by atoms with Crippen LogP contribution < -0.4 is 10.6 Å². The summed E-state index contributed by atoms with van der Waals surface area (Å²) in [7, 11) is -2.90. The Labute approximate surface area is 176 Å². The third-order valence-corrected chi connectivity index (χ3v) is 6.83. The highest BCUT2D eigenvalue weighted by molar-refractivity contribution is 14.0. The zero-order valence-corrected chi connectivity index (χ0v) is 19.1. The lowest BCUT2D eigenvalue weighted by Gasteiger charge is -2.18. The summed E-state index contributed by atoms with van der Waals surface area (Å²) in [5.41, 5.74) is 1.14. The van der Waals surface area contributed by atoms with Gasteiger partial charge in [0.1, 0.15) is 0 Å². The Balaban J connectivity index is 0.00000312. The fourth-order valence-corrected chi connectivity index (χ4v) is 5.13. The van der Waals surface area contributed by atoms with E-state index in [2.05, 4.69) is 15.6 Å². The molecule has 0 saturated carbocycles. The molecule has 25 heavy (non-hydrogen) atoms. The molecular formula is C16H25ClIN3O2S2. The van der Waals surface area contributed by atoms with Crippen LogP contribution in [0.4, 0.5) is 0 Å². The van der Waals surface area contributed by atoms with Crippen molar-refractivity contribution in [3.8, 4) is 0 Å². The summed E-state index contributed by atoms with van der Waals surface area (Å²) < 4.78 is 23.2. The summed E-state index contributed by atoms with van der Waals surface area (Å²) in [6.07, 6.45) is 2.68. The Kier molecular flexibility index (Phi) is 9.91. The van der Waals surface area contributed by atoms with Crippen LogP contribution in [0.3, 0.4) is 0 Å². The molecule has 9 heteroatoms. The molecule has 1 fully saturated rings. The van der Waals surface area contributed by atoms with E-state index in [1.165, 1.54) is 0 Å². The highest BCUT2D eigenvalue weighted by atomic mass is 127. The van der Waals surface area contributed by atoms with E-state index in [-0.39, 0.29) is 46.8 Å². The number of sulfone groups is 1. The molecule has 2 rings (SSSR count). The zero-order valence-electron chi connectivity index (χ0n) is 14.4. The number of thioether (sulfide) groups is 1. The number of hydrogen-bond acceptors (Lipinski definition) is 4. The third-order valence-electron chi connectivity index (χ3n) is 3.84. The molecule has 1 aliphatic heterocycles. The van der Waals surface area contributed by atoms with E-state index < -0.39 is 9.84 Å². The number of guanidine groups is 1. The van der Waals surface area contributed by atoms with E-state index in [9.17, 15) is 8.42 Å². The number of aliphatic imine (C=N–C) groups is 1. The lowest BCUT2D eigenvalue weighted by molar-refractivity contribution is 0.599. The van der Waals surface area contributed by atoms with E-state index in [1.807, 2.05) is 37.4 Å². The summed E-state index contributed by atoms with van der Waals surface area (Å²) in [6, 6.07) is 7.75.